The van der Waals surface area contributed by atoms with Gasteiger partial charge in [0.15, 0.2) is 6.10 Å². The van der Waals surface area contributed by atoms with Gasteiger partial charge in [-0.15, -0.1) is 0 Å². The first-order valence-electron chi connectivity index (χ1n) is 9.27. The fourth-order valence-corrected chi connectivity index (χ4v) is 3.67. The number of benzene rings is 1. The smallest absolute Gasteiger partial charge is 0.333 e. The van der Waals surface area contributed by atoms with E-state index in [4.69, 9.17) is 4.74 Å². The molecule has 0 spiro atoms. The minimum absolute atomic E-state index is 0.0396. The van der Waals surface area contributed by atoms with Crippen molar-refractivity contribution in [1.29, 1.82) is 0 Å². The average Bonchev–Trinajstić information content (AvgIpc) is 3.10. The molecule has 7 heteroatoms. The van der Waals surface area contributed by atoms with Gasteiger partial charge in [-0.1, -0.05) is 6.92 Å². The number of aromatic amines is 1. The van der Waals surface area contributed by atoms with E-state index in [0.717, 1.165) is 22.9 Å². The first-order valence-corrected chi connectivity index (χ1v) is 9.27. The van der Waals surface area contributed by atoms with E-state index in [9.17, 15) is 19.8 Å². The number of aryl methyl sites for hydroxylation is 1. The molecular formula is C20H26N2O5. The van der Waals surface area contributed by atoms with Crippen molar-refractivity contribution in [3.8, 4) is 0 Å². The van der Waals surface area contributed by atoms with Crippen LogP contribution in [0.2, 0.25) is 0 Å². The topological polar surface area (TPSA) is 112 Å². The summed E-state index contributed by atoms with van der Waals surface area (Å²) in [6.07, 6.45) is 1.65. The fraction of sp³-hybridized carbons (Fsp3) is 0.500. The van der Waals surface area contributed by atoms with Crippen molar-refractivity contribution in [2.45, 2.75) is 51.4 Å². The lowest BCUT2D eigenvalue weighted by molar-refractivity contribution is -0.167. The number of aliphatic hydroxyl groups is 1. The maximum Gasteiger partial charge on any atom is 0.333 e. The molecule has 0 bridgehead atoms. The first-order chi connectivity index (χ1) is 12.8. The number of hydrogen-bond acceptors (Lipinski definition) is 4. The Morgan fingerprint density at radius 2 is 2.15 bits per heavy atom. The molecule has 2 aromatic rings. The van der Waals surface area contributed by atoms with E-state index in [1.54, 1.807) is 0 Å². The summed E-state index contributed by atoms with van der Waals surface area (Å²) in [6, 6.07) is 5.53. The minimum Gasteiger partial charge on any atom is -0.479 e. The minimum atomic E-state index is -0.967. The lowest BCUT2D eigenvalue weighted by Gasteiger charge is -2.33. The van der Waals surface area contributed by atoms with Gasteiger partial charge in [0.1, 0.15) is 0 Å². The van der Waals surface area contributed by atoms with Gasteiger partial charge in [0.25, 0.3) is 5.91 Å². The molecule has 1 aromatic carbocycles. The molecule has 4 unspecified atom stereocenters. The summed E-state index contributed by atoms with van der Waals surface area (Å²) in [5.41, 5.74) is 2.52. The Hall–Kier alpha value is -2.38. The lowest BCUT2D eigenvalue weighted by atomic mass is 9.91. The van der Waals surface area contributed by atoms with Crippen molar-refractivity contribution < 1.29 is 24.5 Å². The Labute approximate surface area is 157 Å². The molecule has 146 valence electrons. The number of fused-ring (bicyclic) bond motifs is 1. The highest BCUT2D eigenvalue weighted by Crippen LogP contribution is 2.27. The number of ether oxygens (including phenoxy) is 1. The molecule has 1 saturated heterocycles. The van der Waals surface area contributed by atoms with Gasteiger partial charge in [0.2, 0.25) is 0 Å². The monoisotopic (exact) mass is 374 g/mol. The summed E-state index contributed by atoms with van der Waals surface area (Å²) in [7, 11) is 0. The van der Waals surface area contributed by atoms with Gasteiger partial charge in [-0.3, -0.25) is 4.79 Å². The number of H-pyrrole nitrogens is 1. The third kappa shape index (κ3) is 4.48. The number of aliphatic carboxylic acids is 1. The molecule has 1 fully saturated rings. The van der Waals surface area contributed by atoms with Crippen molar-refractivity contribution in [2.75, 3.05) is 6.54 Å². The number of carboxylic acids is 1. The normalized spacial score (nSPS) is 23.9. The Kier molecular flexibility index (Phi) is 5.82. The second-order valence-electron chi connectivity index (χ2n) is 7.41. The molecule has 0 radical (unpaired) electrons. The number of hydrogen-bond donors (Lipinski definition) is 4. The predicted molar refractivity (Wildman–Crippen MR) is 101 cm³/mol. The summed E-state index contributed by atoms with van der Waals surface area (Å²) in [5, 5.41) is 23.1. The molecule has 4 atom stereocenters. The number of aromatic nitrogens is 1. The average molecular weight is 374 g/mol. The Morgan fingerprint density at radius 3 is 2.89 bits per heavy atom. The number of rotatable bonds is 6. The van der Waals surface area contributed by atoms with Crippen molar-refractivity contribution in [2.24, 2.45) is 5.92 Å². The van der Waals surface area contributed by atoms with Crippen LogP contribution in [-0.2, 0) is 9.53 Å². The standard InChI is InChI=1S/C20H26N2O5/c1-11-3-4-16(27-18(11)20(25)26)9-15(23)10-22-19(24)14-7-12(2)17-13(8-14)5-6-21-17/h5-8,11,15-16,18,21,23H,3-4,9-10H2,1-2H3,(H,22,24)(H,25,26). The molecular weight excluding hydrogens is 348 g/mol. The highest BCUT2D eigenvalue weighted by molar-refractivity contribution is 5.99. The van der Waals surface area contributed by atoms with Crippen molar-refractivity contribution in [3.05, 3.63) is 35.5 Å². The van der Waals surface area contributed by atoms with Crippen LogP contribution in [0.3, 0.4) is 0 Å². The maximum atomic E-state index is 12.4. The molecule has 2 heterocycles. The highest BCUT2D eigenvalue weighted by atomic mass is 16.5. The quantitative estimate of drug-likeness (QED) is 0.619. The second-order valence-corrected chi connectivity index (χ2v) is 7.41. The molecule has 0 saturated carbocycles. The van der Waals surface area contributed by atoms with Gasteiger partial charge in [-0.25, -0.2) is 4.79 Å². The summed E-state index contributed by atoms with van der Waals surface area (Å²) in [6.45, 7) is 3.88. The summed E-state index contributed by atoms with van der Waals surface area (Å²) < 4.78 is 5.60. The van der Waals surface area contributed by atoms with E-state index in [2.05, 4.69) is 10.3 Å². The van der Waals surface area contributed by atoms with Crippen LogP contribution in [0.5, 0.6) is 0 Å². The molecule has 1 amide bonds. The number of carboxylic acid groups (broad SMARTS) is 1. The van der Waals surface area contributed by atoms with Crippen LogP contribution in [0, 0.1) is 12.8 Å². The number of carbonyl (C=O) groups excluding carboxylic acids is 1. The van der Waals surface area contributed by atoms with Crippen LogP contribution in [0.1, 0.15) is 42.1 Å². The zero-order valence-corrected chi connectivity index (χ0v) is 15.6. The molecule has 1 aliphatic heterocycles. The highest BCUT2D eigenvalue weighted by Gasteiger charge is 2.34. The van der Waals surface area contributed by atoms with Crippen molar-refractivity contribution >= 4 is 22.8 Å². The van der Waals surface area contributed by atoms with Crippen LogP contribution >= 0.6 is 0 Å². The van der Waals surface area contributed by atoms with Gasteiger partial charge < -0.3 is 25.3 Å². The third-order valence-corrected chi connectivity index (χ3v) is 5.20. The molecule has 1 aliphatic rings. The Morgan fingerprint density at radius 1 is 1.37 bits per heavy atom. The van der Waals surface area contributed by atoms with Gasteiger partial charge in [-0.05, 0) is 49.4 Å². The van der Waals surface area contributed by atoms with Crippen LogP contribution in [0.25, 0.3) is 10.9 Å². The summed E-state index contributed by atoms with van der Waals surface area (Å²) in [5.74, 6) is -1.26. The van der Waals surface area contributed by atoms with E-state index in [0.29, 0.717) is 18.4 Å². The van der Waals surface area contributed by atoms with Gasteiger partial charge in [0, 0.05) is 35.6 Å². The second kappa shape index (κ2) is 8.10. The number of nitrogens with one attached hydrogen (secondary N) is 2. The van der Waals surface area contributed by atoms with E-state index in [1.165, 1.54) is 0 Å². The van der Waals surface area contributed by atoms with Crippen LogP contribution in [0.4, 0.5) is 0 Å². The lowest BCUT2D eigenvalue weighted by Crippen LogP contribution is -2.42. The molecule has 7 nitrogen and oxygen atoms in total. The van der Waals surface area contributed by atoms with Crippen LogP contribution in [0.15, 0.2) is 24.4 Å². The van der Waals surface area contributed by atoms with Gasteiger partial charge >= 0.3 is 5.97 Å². The first kappa shape index (κ1) is 19.4. The zero-order chi connectivity index (χ0) is 19.6. The van der Waals surface area contributed by atoms with E-state index in [1.807, 2.05) is 38.2 Å². The van der Waals surface area contributed by atoms with Crippen molar-refractivity contribution in [3.63, 3.8) is 0 Å². The zero-order valence-electron chi connectivity index (χ0n) is 15.6. The predicted octanol–water partition coefficient (Wildman–Crippen LogP) is 2.23. The molecule has 27 heavy (non-hydrogen) atoms. The largest absolute Gasteiger partial charge is 0.479 e. The van der Waals surface area contributed by atoms with E-state index >= 15 is 0 Å². The Bertz CT molecular complexity index is 831. The van der Waals surface area contributed by atoms with Crippen molar-refractivity contribution in [1.82, 2.24) is 10.3 Å². The maximum absolute atomic E-state index is 12.4. The number of aliphatic hydroxyl groups excluding tert-OH is 1. The number of carbonyl (C=O) groups is 2. The SMILES string of the molecule is Cc1cc(C(=O)NCC(O)CC2CCC(C)C(C(=O)O)O2)cc2cc[nH]c12. The fourth-order valence-electron chi connectivity index (χ4n) is 3.67. The van der Waals surface area contributed by atoms with E-state index < -0.39 is 18.2 Å². The van der Waals surface area contributed by atoms with Crippen LogP contribution in [-0.4, -0.2) is 51.9 Å². The molecule has 4 N–H and O–H groups in total. The molecule has 3 rings (SSSR count). The van der Waals surface area contributed by atoms with Gasteiger partial charge in [0.05, 0.1) is 12.2 Å². The van der Waals surface area contributed by atoms with E-state index in [-0.39, 0.29) is 24.5 Å². The molecule has 0 aliphatic carbocycles. The summed E-state index contributed by atoms with van der Waals surface area (Å²) >= 11 is 0. The van der Waals surface area contributed by atoms with Gasteiger partial charge in [-0.2, -0.15) is 0 Å². The summed E-state index contributed by atoms with van der Waals surface area (Å²) in [4.78, 5) is 26.8. The van der Waals surface area contributed by atoms with Crippen LogP contribution < -0.4 is 5.32 Å². The Balaban J connectivity index is 1.53. The number of amides is 1. The third-order valence-electron chi connectivity index (χ3n) is 5.20. The molecule has 1 aromatic heterocycles.